The number of phosphoric ester groups is 1. The summed E-state index contributed by atoms with van der Waals surface area (Å²) >= 11 is 0. The Kier molecular flexibility index (Phi) is 45.8. The minimum absolute atomic E-state index is 0.0847. The Hall–Kier alpha value is -1.51. The summed E-state index contributed by atoms with van der Waals surface area (Å²) in [6, 6.07) is 0. The fraction of sp³-hybridized carbons (Fsp3) is 0.880. The zero-order valence-corrected chi connectivity index (χ0v) is 40.1. The minimum atomic E-state index is -4.42. The number of amides is 1. The fourth-order valence-electron chi connectivity index (χ4n) is 7.30. The number of allylic oxidation sites excluding steroid dienone is 4. The van der Waals surface area contributed by atoms with Crippen molar-refractivity contribution in [2.75, 3.05) is 26.4 Å². The van der Waals surface area contributed by atoms with Crippen LogP contribution in [0.3, 0.4) is 0 Å². The van der Waals surface area contributed by atoms with Gasteiger partial charge in [-0.2, -0.15) is 0 Å². The third-order valence-electron chi connectivity index (χ3n) is 11.1. The maximum Gasteiger partial charge on any atom is 0.472 e. The maximum absolute atomic E-state index is 12.1. The zero-order valence-electron chi connectivity index (χ0n) is 39.2. The quantitative estimate of drug-likeness (QED) is 0.0238. The second kappa shape index (κ2) is 47.0. The standard InChI is InChI=1S/C50H96NO8P/c1-3-5-7-9-11-13-15-17-19-21-23-24-25-26-28-30-32-34-36-38-40-42-49(53)51-44-45-58-60(55,56)59-47-48(52)46-57-50(54)43-41-39-37-35-33-31-29-27-22-20-18-16-14-12-10-8-6-4-2/h14,16,20,22,48,52H,3-13,15,17-19,21,23-47H2,1-2H3,(H,51,53)(H,55,56)/b16-14-,22-20-. The first-order chi connectivity index (χ1) is 29.3. The summed E-state index contributed by atoms with van der Waals surface area (Å²) in [5, 5.41) is 12.7. The average Bonchev–Trinajstić information content (AvgIpc) is 3.23. The van der Waals surface area contributed by atoms with E-state index in [4.69, 9.17) is 13.8 Å². The van der Waals surface area contributed by atoms with Crippen LogP contribution in [0.15, 0.2) is 24.3 Å². The van der Waals surface area contributed by atoms with E-state index in [1.54, 1.807) is 0 Å². The number of unbranched alkanes of at least 4 members (excludes halogenated alkanes) is 31. The number of carbonyl (C=O) groups is 2. The lowest BCUT2D eigenvalue weighted by molar-refractivity contribution is -0.147. The van der Waals surface area contributed by atoms with Crippen LogP contribution in [-0.2, 0) is 27.9 Å². The van der Waals surface area contributed by atoms with Gasteiger partial charge in [0.25, 0.3) is 0 Å². The van der Waals surface area contributed by atoms with E-state index in [2.05, 4.69) is 43.5 Å². The van der Waals surface area contributed by atoms with Crippen molar-refractivity contribution >= 4 is 19.7 Å². The van der Waals surface area contributed by atoms with Crippen LogP contribution in [-0.4, -0.2) is 54.3 Å². The van der Waals surface area contributed by atoms with Gasteiger partial charge in [0, 0.05) is 19.4 Å². The van der Waals surface area contributed by atoms with E-state index in [0.29, 0.717) is 6.42 Å². The summed E-state index contributed by atoms with van der Waals surface area (Å²) in [7, 11) is -4.42. The van der Waals surface area contributed by atoms with E-state index < -0.39 is 26.5 Å². The molecule has 354 valence electrons. The van der Waals surface area contributed by atoms with Crippen molar-refractivity contribution in [3.8, 4) is 0 Å². The SMILES string of the molecule is CCCCCC/C=C\C/C=C\CCCCCCCCCC(=O)OCC(O)COP(=O)(O)OCCNC(=O)CCCCCCCCCCCCCCCCCCCCCCC. The van der Waals surface area contributed by atoms with Crippen molar-refractivity contribution < 1.29 is 37.9 Å². The summed E-state index contributed by atoms with van der Waals surface area (Å²) in [6.45, 7) is 3.58. The molecule has 0 rings (SSSR count). The summed E-state index contributed by atoms with van der Waals surface area (Å²) < 4.78 is 27.0. The zero-order chi connectivity index (χ0) is 43.9. The topological polar surface area (TPSA) is 131 Å². The lowest BCUT2D eigenvalue weighted by Gasteiger charge is -2.15. The molecule has 2 unspecified atom stereocenters. The normalized spacial score (nSPS) is 13.3. The van der Waals surface area contributed by atoms with Crippen LogP contribution in [0.5, 0.6) is 0 Å². The molecular formula is C50H96NO8P. The third-order valence-corrected chi connectivity index (χ3v) is 12.1. The molecule has 10 heteroatoms. The molecule has 0 bridgehead atoms. The molecule has 3 N–H and O–H groups in total. The molecule has 0 aliphatic heterocycles. The monoisotopic (exact) mass is 870 g/mol. The van der Waals surface area contributed by atoms with Gasteiger partial charge in [-0.3, -0.25) is 18.6 Å². The van der Waals surface area contributed by atoms with Gasteiger partial charge in [0.2, 0.25) is 5.91 Å². The first-order valence-electron chi connectivity index (χ1n) is 25.3. The van der Waals surface area contributed by atoms with E-state index in [1.807, 2.05) is 0 Å². The molecule has 0 aliphatic rings. The molecule has 60 heavy (non-hydrogen) atoms. The number of rotatable bonds is 48. The number of ether oxygens (including phenoxy) is 1. The Labute approximate surface area is 370 Å². The number of hydrogen-bond donors (Lipinski definition) is 3. The minimum Gasteiger partial charge on any atom is -0.463 e. The van der Waals surface area contributed by atoms with Gasteiger partial charge < -0.3 is 20.1 Å². The fourth-order valence-corrected chi connectivity index (χ4v) is 8.05. The van der Waals surface area contributed by atoms with Crippen LogP contribution in [0.25, 0.3) is 0 Å². The molecule has 0 saturated carbocycles. The van der Waals surface area contributed by atoms with Gasteiger partial charge in [-0.15, -0.1) is 0 Å². The largest absolute Gasteiger partial charge is 0.472 e. The maximum atomic E-state index is 12.1. The molecule has 2 atom stereocenters. The van der Waals surface area contributed by atoms with Crippen LogP contribution in [0.2, 0.25) is 0 Å². The van der Waals surface area contributed by atoms with Crippen LogP contribution in [0.4, 0.5) is 0 Å². The molecule has 1 amide bonds. The van der Waals surface area contributed by atoms with Crippen molar-refractivity contribution in [3.63, 3.8) is 0 Å². The molecule has 0 spiro atoms. The van der Waals surface area contributed by atoms with Crippen molar-refractivity contribution in [2.24, 2.45) is 0 Å². The highest BCUT2D eigenvalue weighted by Gasteiger charge is 2.23. The van der Waals surface area contributed by atoms with E-state index in [1.165, 1.54) is 167 Å². The summed E-state index contributed by atoms with van der Waals surface area (Å²) in [4.78, 5) is 34.0. The molecule has 0 aromatic carbocycles. The smallest absolute Gasteiger partial charge is 0.463 e. The highest BCUT2D eigenvalue weighted by atomic mass is 31.2. The van der Waals surface area contributed by atoms with Crippen molar-refractivity contribution in [3.05, 3.63) is 24.3 Å². The van der Waals surface area contributed by atoms with E-state index in [-0.39, 0.29) is 32.1 Å². The number of nitrogens with one attached hydrogen (secondary N) is 1. The number of aliphatic hydroxyl groups excluding tert-OH is 1. The predicted octanol–water partition coefficient (Wildman–Crippen LogP) is 14.7. The lowest BCUT2D eigenvalue weighted by Crippen LogP contribution is -2.27. The molecule has 0 saturated heterocycles. The first-order valence-corrected chi connectivity index (χ1v) is 26.8. The second-order valence-corrected chi connectivity index (χ2v) is 18.6. The van der Waals surface area contributed by atoms with E-state index >= 15 is 0 Å². The Balaban J connectivity index is 3.54. The number of esters is 1. The summed E-state index contributed by atoms with van der Waals surface area (Å²) in [5.74, 6) is -0.513. The molecule has 0 radical (unpaired) electrons. The third kappa shape index (κ3) is 47.5. The van der Waals surface area contributed by atoms with Gasteiger partial charge in [0.1, 0.15) is 12.7 Å². The van der Waals surface area contributed by atoms with Gasteiger partial charge in [0.15, 0.2) is 0 Å². The molecule has 0 heterocycles. The predicted molar refractivity (Wildman–Crippen MR) is 252 cm³/mol. The molecule has 0 aromatic rings. The first kappa shape index (κ1) is 58.5. The van der Waals surface area contributed by atoms with Gasteiger partial charge in [0.05, 0.1) is 13.2 Å². The summed E-state index contributed by atoms with van der Waals surface area (Å²) in [6.07, 6.45) is 52.6. The molecule has 0 aliphatic carbocycles. The Morgan fingerprint density at radius 2 is 0.900 bits per heavy atom. The number of phosphoric acid groups is 1. The van der Waals surface area contributed by atoms with Crippen LogP contribution < -0.4 is 5.32 Å². The van der Waals surface area contributed by atoms with Gasteiger partial charge in [-0.05, 0) is 44.9 Å². The van der Waals surface area contributed by atoms with Gasteiger partial charge >= 0.3 is 13.8 Å². The highest BCUT2D eigenvalue weighted by Crippen LogP contribution is 2.42. The van der Waals surface area contributed by atoms with Crippen LogP contribution in [0.1, 0.15) is 251 Å². The number of hydrogen-bond acceptors (Lipinski definition) is 7. The van der Waals surface area contributed by atoms with Gasteiger partial charge in [-0.25, -0.2) is 4.57 Å². The number of aliphatic hydroxyl groups is 1. The van der Waals surface area contributed by atoms with Crippen LogP contribution in [0, 0.1) is 0 Å². The highest BCUT2D eigenvalue weighted by molar-refractivity contribution is 7.47. The molecule has 9 nitrogen and oxygen atoms in total. The van der Waals surface area contributed by atoms with Crippen molar-refractivity contribution in [2.45, 2.75) is 258 Å². The van der Waals surface area contributed by atoms with Crippen LogP contribution >= 0.6 is 7.82 Å². The Morgan fingerprint density at radius 3 is 1.35 bits per heavy atom. The van der Waals surface area contributed by atoms with Crippen molar-refractivity contribution in [1.29, 1.82) is 0 Å². The van der Waals surface area contributed by atoms with Gasteiger partial charge in [-0.1, -0.05) is 218 Å². The number of carbonyl (C=O) groups excluding carboxylic acids is 2. The molecule has 0 aromatic heterocycles. The van der Waals surface area contributed by atoms with Crippen molar-refractivity contribution in [1.82, 2.24) is 5.32 Å². The average molecular weight is 870 g/mol. The Morgan fingerprint density at radius 1 is 0.517 bits per heavy atom. The lowest BCUT2D eigenvalue weighted by atomic mass is 10.0. The molecular weight excluding hydrogens is 774 g/mol. The Bertz CT molecular complexity index is 1040. The summed E-state index contributed by atoms with van der Waals surface area (Å²) in [5.41, 5.74) is 0. The second-order valence-electron chi connectivity index (χ2n) is 17.1. The van der Waals surface area contributed by atoms with E-state index in [0.717, 1.165) is 57.8 Å². The van der Waals surface area contributed by atoms with E-state index in [9.17, 15) is 24.2 Å². The molecule has 0 fully saturated rings.